The van der Waals surface area contributed by atoms with E-state index in [1.807, 2.05) is 0 Å². The summed E-state index contributed by atoms with van der Waals surface area (Å²) in [6, 6.07) is 0. The van der Waals surface area contributed by atoms with Crippen molar-refractivity contribution in [3.05, 3.63) is 36.6 Å². The summed E-state index contributed by atoms with van der Waals surface area (Å²) in [5, 5.41) is 78.1. The largest absolute Gasteiger partial charge is 0.503 e. The molecule has 0 bridgehead atoms. The second-order valence-corrected chi connectivity index (χ2v) is 9.05. The standard InChI is InChI=1S/C18H16N8O11.C5H10O/c1-20-13-9(32)11(22-12-2(10(19)33)15(34)24-26(12)13)21-3-4(27)8(31)18(37)25(17(3)36)14-6(29)5(28)7(30)16(35)23-14;1-6-5-3-2-4-5/h20,27,29-32,36H,1H3,(H2,19,33)(H,21,22)(H,24,34)(H2,23,28,35);5H,2-4H2,1H3. The SMILES string of the molecule is CNc1c(O)c(Nc2c(O)c(O)c(=O)n(-c3[nH]c(=O)c(O)c(O)c3O)c2O)nc2c(C(N)=O)c(=O)[nH]n12.COC1CCC1. The van der Waals surface area contributed by atoms with Gasteiger partial charge in [0.25, 0.3) is 17.0 Å². The van der Waals surface area contributed by atoms with Gasteiger partial charge in [0.05, 0.1) is 6.10 Å². The fourth-order valence-electron chi connectivity index (χ4n) is 4.01. The lowest BCUT2D eigenvalue weighted by molar-refractivity contribution is 0.0412. The van der Waals surface area contributed by atoms with E-state index >= 15 is 0 Å². The molecule has 0 unspecified atom stereocenters. The van der Waals surface area contributed by atoms with Gasteiger partial charge in [-0.1, -0.05) is 0 Å². The lowest BCUT2D eigenvalue weighted by Gasteiger charge is -2.22. The van der Waals surface area contributed by atoms with Crippen LogP contribution in [0.15, 0.2) is 14.4 Å². The maximum absolute atomic E-state index is 12.6. The normalized spacial score (nSPS) is 12.8. The van der Waals surface area contributed by atoms with E-state index in [2.05, 4.69) is 20.7 Å². The topological polar surface area (TPSA) is 323 Å². The minimum atomic E-state index is -1.62. The number of pyridine rings is 2. The van der Waals surface area contributed by atoms with Crippen molar-refractivity contribution < 1.29 is 45.3 Å². The Balaban J connectivity index is 0.000000628. The number of H-pyrrole nitrogens is 2. The number of fused-ring (bicyclic) bond motifs is 1. The minimum Gasteiger partial charge on any atom is -0.503 e. The number of carbonyl (C=O) groups excluding carboxylic acids is 1. The molecule has 1 fully saturated rings. The molecule has 0 radical (unpaired) electrons. The predicted octanol–water partition coefficient (Wildman–Crippen LogP) is -1.13. The molecule has 4 aromatic heterocycles. The number of carbonyl (C=O) groups is 1. The van der Waals surface area contributed by atoms with Crippen LogP contribution >= 0.6 is 0 Å². The molecule has 43 heavy (non-hydrogen) atoms. The molecule has 4 heterocycles. The summed E-state index contributed by atoms with van der Waals surface area (Å²) in [5.41, 5.74) is -0.816. The molecule has 0 aliphatic heterocycles. The Bertz CT molecular complexity index is 1930. The summed E-state index contributed by atoms with van der Waals surface area (Å²) in [6.45, 7) is 0. The zero-order valence-electron chi connectivity index (χ0n) is 22.3. The molecule has 1 aliphatic carbocycles. The van der Waals surface area contributed by atoms with E-state index in [-0.39, 0.29) is 10.4 Å². The van der Waals surface area contributed by atoms with Crippen LogP contribution in [0.5, 0.6) is 40.4 Å². The highest BCUT2D eigenvalue weighted by molar-refractivity contribution is 5.99. The number of hydrogen-bond donors (Lipinski definition) is 12. The summed E-state index contributed by atoms with van der Waals surface area (Å²) in [4.78, 5) is 54.0. The molecule has 13 N–H and O–H groups in total. The van der Waals surface area contributed by atoms with Gasteiger partial charge in [-0.05, 0) is 19.3 Å². The number of anilines is 3. The number of amides is 1. The van der Waals surface area contributed by atoms with Crippen molar-refractivity contribution in [2.45, 2.75) is 25.4 Å². The lowest BCUT2D eigenvalue weighted by atomic mass is 9.96. The van der Waals surface area contributed by atoms with Crippen LogP contribution in [-0.2, 0) is 4.74 Å². The van der Waals surface area contributed by atoms with Gasteiger partial charge in [0.15, 0.2) is 34.4 Å². The third-order valence-corrected chi connectivity index (χ3v) is 6.52. The Morgan fingerprint density at radius 2 is 1.60 bits per heavy atom. The molecular formula is C23H26N8O12. The molecule has 1 amide bonds. The third-order valence-electron chi connectivity index (χ3n) is 6.52. The summed E-state index contributed by atoms with van der Waals surface area (Å²) in [6.07, 6.45) is 4.57. The molecule has 5 rings (SSSR count). The maximum atomic E-state index is 12.6. The monoisotopic (exact) mass is 606 g/mol. The number of nitrogens with zero attached hydrogens (tertiary/aromatic N) is 3. The predicted molar refractivity (Wildman–Crippen MR) is 146 cm³/mol. The number of aromatic hydroxyl groups is 7. The highest BCUT2D eigenvalue weighted by atomic mass is 16.5. The van der Waals surface area contributed by atoms with E-state index in [9.17, 15) is 54.9 Å². The molecule has 0 aromatic carbocycles. The van der Waals surface area contributed by atoms with E-state index in [1.54, 1.807) is 12.1 Å². The van der Waals surface area contributed by atoms with Crippen molar-refractivity contribution in [2.75, 3.05) is 24.8 Å². The van der Waals surface area contributed by atoms with Gasteiger partial charge in [0.2, 0.25) is 34.6 Å². The maximum Gasteiger partial charge on any atom is 0.305 e. The highest BCUT2D eigenvalue weighted by Gasteiger charge is 2.29. The quantitative estimate of drug-likeness (QED) is 0.123. The van der Waals surface area contributed by atoms with E-state index in [1.165, 1.54) is 26.3 Å². The van der Waals surface area contributed by atoms with Gasteiger partial charge < -0.3 is 61.8 Å². The van der Waals surface area contributed by atoms with Crippen molar-refractivity contribution in [3.63, 3.8) is 0 Å². The van der Waals surface area contributed by atoms with Crippen LogP contribution in [0.1, 0.15) is 29.6 Å². The number of nitrogens with one attached hydrogen (secondary N) is 4. The molecule has 230 valence electrons. The average Bonchev–Trinajstić information content (AvgIpc) is 3.26. The molecule has 20 heteroatoms. The molecular weight excluding hydrogens is 580 g/mol. The fourth-order valence-corrected chi connectivity index (χ4v) is 4.01. The van der Waals surface area contributed by atoms with Crippen LogP contribution in [0.2, 0.25) is 0 Å². The van der Waals surface area contributed by atoms with Crippen molar-refractivity contribution >= 4 is 28.9 Å². The van der Waals surface area contributed by atoms with Crippen LogP contribution in [0.4, 0.5) is 17.3 Å². The molecule has 1 aliphatic rings. The molecule has 0 spiro atoms. The van der Waals surface area contributed by atoms with Crippen LogP contribution in [-0.4, -0.2) is 86.1 Å². The van der Waals surface area contributed by atoms with Gasteiger partial charge in [-0.2, -0.15) is 0 Å². The Labute approximate surface area is 237 Å². The number of methoxy groups -OCH3 is 1. The van der Waals surface area contributed by atoms with Gasteiger partial charge in [-0.3, -0.25) is 24.3 Å². The Morgan fingerprint density at radius 1 is 0.953 bits per heavy atom. The summed E-state index contributed by atoms with van der Waals surface area (Å²) < 4.78 is 5.88. The average molecular weight is 607 g/mol. The first-order valence-electron chi connectivity index (χ1n) is 12.2. The molecule has 0 saturated heterocycles. The van der Waals surface area contributed by atoms with Gasteiger partial charge in [-0.15, -0.1) is 0 Å². The molecule has 1 saturated carbocycles. The van der Waals surface area contributed by atoms with E-state index in [4.69, 9.17) is 10.5 Å². The molecule has 0 atom stereocenters. The van der Waals surface area contributed by atoms with Gasteiger partial charge in [-0.25, -0.2) is 14.1 Å². The van der Waals surface area contributed by atoms with E-state index in [0.717, 1.165) is 4.52 Å². The first-order chi connectivity index (χ1) is 20.2. The lowest BCUT2D eigenvalue weighted by Crippen LogP contribution is -2.22. The first-order valence-corrected chi connectivity index (χ1v) is 12.2. The van der Waals surface area contributed by atoms with Crippen LogP contribution in [0.3, 0.4) is 0 Å². The minimum absolute atomic E-state index is 0.0253. The van der Waals surface area contributed by atoms with Gasteiger partial charge in [0.1, 0.15) is 5.69 Å². The summed E-state index contributed by atoms with van der Waals surface area (Å²) >= 11 is 0. The zero-order valence-corrected chi connectivity index (χ0v) is 22.3. The van der Waals surface area contributed by atoms with Crippen molar-refractivity contribution in [3.8, 4) is 46.2 Å². The smallest absolute Gasteiger partial charge is 0.305 e. The van der Waals surface area contributed by atoms with Crippen LogP contribution in [0, 0.1) is 0 Å². The number of primary amides is 1. The van der Waals surface area contributed by atoms with Crippen LogP contribution < -0.4 is 33.0 Å². The Hall–Kier alpha value is -6.05. The molecule has 4 aromatic rings. The Kier molecular flexibility index (Phi) is 7.71. The Morgan fingerprint density at radius 3 is 2.12 bits per heavy atom. The van der Waals surface area contributed by atoms with Crippen LogP contribution in [0.25, 0.3) is 11.5 Å². The number of aromatic amines is 2. The third kappa shape index (κ3) is 4.90. The number of aromatic nitrogens is 5. The molecule has 20 nitrogen and oxygen atoms in total. The van der Waals surface area contributed by atoms with Gasteiger partial charge >= 0.3 is 5.56 Å². The van der Waals surface area contributed by atoms with Gasteiger partial charge in [0, 0.05) is 14.2 Å². The second-order valence-electron chi connectivity index (χ2n) is 9.05. The highest BCUT2D eigenvalue weighted by Crippen LogP contribution is 2.44. The fraction of sp³-hybridized carbons (Fsp3) is 0.261. The number of ether oxygens (including phenoxy) is 1. The number of hydrogen-bond acceptors (Lipinski definition) is 15. The van der Waals surface area contributed by atoms with Crippen molar-refractivity contribution in [1.29, 1.82) is 0 Å². The second kappa shape index (κ2) is 11.1. The van der Waals surface area contributed by atoms with E-state index < -0.39 is 91.5 Å². The zero-order chi connectivity index (χ0) is 31.9. The summed E-state index contributed by atoms with van der Waals surface area (Å²) in [7, 11) is 3.09. The first kappa shape index (κ1) is 29.9. The number of rotatable bonds is 6. The summed E-state index contributed by atoms with van der Waals surface area (Å²) in [5.74, 6) is -12.1. The number of nitrogens with two attached hydrogens (primary N) is 1. The van der Waals surface area contributed by atoms with Crippen molar-refractivity contribution in [2.24, 2.45) is 5.73 Å². The van der Waals surface area contributed by atoms with Crippen molar-refractivity contribution in [1.82, 2.24) is 24.1 Å². The van der Waals surface area contributed by atoms with E-state index in [0.29, 0.717) is 6.10 Å².